The number of unbranched alkanes of at least 4 members (excludes halogenated alkanes) is 1. The van der Waals surface area contributed by atoms with Gasteiger partial charge in [0.1, 0.15) is 0 Å². The summed E-state index contributed by atoms with van der Waals surface area (Å²) in [5, 5.41) is 4.55. The van der Waals surface area contributed by atoms with Gasteiger partial charge in [-0.05, 0) is 6.92 Å². The third-order valence-corrected chi connectivity index (χ3v) is 8.78. The van der Waals surface area contributed by atoms with Crippen LogP contribution in [0, 0.1) is 18.8 Å². The van der Waals surface area contributed by atoms with E-state index in [1.165, 1.54) is 34.3 Å². The Kier molecular flexibility index (Phi) is 14.1. The predicted molar refractivity (Wildman–Crippen MR) is 104 cm³/mol. The van der Waals surface area contributed by atoms with Crippen molar-refractivity contribution in [2.75, 3.05) is 0 Å². The Labute approximate surface area is 146 Å². The average Bonchev–Trinajstić information content (AvgIpc) is 2.41. The van der Waals surface area contributed by atoms with Gasteiger partial charge in [-0.1, -0.05) is 105 Å². The zero-order chi connectivity index (χ0) is 16.1. The van der Waals surface area contributed by atoms with Crippen molar-refractivity contribution < 1.29 is 0 Å². The Morgan fingerprint density at radius 2 is 1.43 bits per heavy atom. The van der Waals surface area contributed by atoms with Gasteiger partial charge in [-0.2, -0.15) is 0 Å². The standard InChI is InChI=1S/C7H7.3C4H9.2Al.2H/c1-7-5-3-2-4-6-7;2*1-4(2)3;1-3-4-2;;;;/h3-6H,1H3;2*4H,1H2,2-3H3;1,3-4H2,2H3;;;;. The third kappa shape index (κ3) is 15.0. The van der Waals surface area contributed by atoms with Crippen LogP contribution in [0.15, 0.2) is 24.3 Å². The molecule has 0 amide bonds. The largest absolute Gasteiger partial charge is 0.282 e. The monoisotopic (exact) mass is 318 g/mol. The molecule has 0 bridgehead atoms. The Morgan fingerprint density at radius 1 is 0.905 bits per heavy atom. The molecule has 0 aliphatic rings. The summed E-state index contributed by atoms with van der Waals surface area (Å²) in [5.74, 6) is 1.91. The van der Waals surface area contributed by atoms with E-state index in [4.69, 9.17) is 0 Å². The van der Waals surface area contributed by atoms with Crippen molar-refractivity contribution in [3.8, 4) is 0 Å². The van der Waals surface area contributed by atoms with E-state index in [0.717, 1.165) is 11.8 Å². The molecule has 0 nitrogen and oxygen atoms in total. The van der Waals surface area contributed by atoms with E-state index in [0.29, 0.717) is 15.2 Å². The Balaban J connectivity index is 0.000000400. The molecule has 0 radical (unpaired) electrons. The van der Waals surface area contributed by atoms with Crippen LogP contribution < -0.4 is 4.43 Å². The highest BCUT2D eigenvalue weighted by molar-refractivity contribution is 6.53. The van der Waals surface area contributed by atoms with Gasteiger partial charge < -0.3 is 0 Å². The van der Waals surface area contributed by atoms with Crippen molar-refractivity contribution in [1.82, 2.24) is 0 Å². The third-order valence-electron chi connectivity index (χ3n) is 3.75. The number of benzene rings is 1. The Morgan fingerprint density at radius 3 is 1.86 bits per heavy atom. The highest BCUT2D eigenvalue weighted by Crippen LogP contribution is 2.05. The van der Waals surface area contributed by atoms with E-state index in [1.807, 2.05) is 0 Å². The molecule has 0 heterocycles. The topological polar surface area (TPSA) is 0 Å². The first-order chi connectivity index (χ1) is 9.95. The minimum atomic E-state index is 0.0616. The smallest absolute Gasteiger partial charge is 0.116 e. The van der Waals surface area contributed by atoms with Crippen LogP contribution in [0.1, 0.15) is 53.0 Å². The normalized spacial score (nSPS) is 10.3. The molecular weight excluding hydrogens is 282 g/mol. The SMILES string of the molecule is CC(C)[CH2][AlH][CH2]C(C)C.CCC[CH2][AlH][c]1ccc(C)cc1. The molecule has 0 unspecified atom stereocenters. The minimum Gasteiger partial charge on any atom is -0.116 e. The summed E-state index contributed by atoms with van der Waals surface area (Å²) in [6.07, 6.45) is 2.76. The van der Waals surface area contributed by atoms with Crippen LogP contribution in [0.25, 0.3) is 0 Å². The zero-order valence-corrected chi connectivity index (χ0v) is 18.2. The summed E-state index contributed by atoms with van der Waals surface area (Å²) >= 11 is 0.378. The van der Waals surface area contributed by atoms with Crippen LogP contribution in [-0.4, -0.2) is 30.4 Å². The first-order valence-corrected chi connectivity index (χ1v) is 12.7. The first-order valence-electron chi connectivity index (χ1n) is 9.01. The molecule has 0 saturated carbocycles. The average molecular weight is 318 g/mol. The second-order valence-corrected chi connectivity index (χ2v) is 11.0. The highest BCUT2D eigenvalue weighted by Gasteiger charge is 1.99. The van der Waals surface area contributed by atoms with Crippen LogP contribution in [0.2, 0.25) is 15.8 Å². The van der Waals surface area contributed by atoms with Crippen molar-refractivity contribution in [3.05, 3.63) is 29.8 Å². The lowest BCUT2D eigenvalue weighted by molar-refractivity contribution is 0.700. The van der Waals surface area contributed by atoms with Crippen LogP contribution in [0.5, 0.6) is 0 Å². The van der Waals surface area contributed by atoms with Crippen LogP contribution >= 0.6 is 0 Å². The lowest BCUT2D eigenvalue weighted by Crippen LogP contribution is -2.12. The Bertz CT molecular complexity index is 320. The van der Waals surface area contributed by atoms with E-state index in [2.05, 4.69) is 65.8 Å². The fraction of sp³-hybridized carbons (Fsp3) is 0.684. The van der Waals surface area contributed by atoms with Crippen molar-refractivity contribution in [2.45, 2.75) is 70.2 Å². The summed E-state index contributed by atoms with van der Waals surface area (Å²) < 4.78 is 1.62. The van der Waals surface area contributed by atoms with Gasteiger partial charge in [-0.15, -0.1) is 4.43 Å². The molecular formula is C19H36Al2. The van der Waals surface area contributed by atoms with E-state index >= 15 is 0 Å². The maximum absolute atomic E-state index is 2.33. The molecule has 0 aromatic heterocycles. The van der Waals surface area contributed by atoms with Crippen molar-refractivity contribution >= 4 is 34.9 Å². The molecule has 21 heavy (non-hydrogen) atoms. The lowest BCUT2D eigenvalue weighted by Gasteiger charge is -2.03. The molecule has 1 rings (SSSR count). The Hall–Kier alpha value is 0.285. The molecule has 1 aromatic carbocycles. The maximum Gasteiger partial charge on any atom is 0.282 e. The van der Waals surface area contributed by atoms with E-state index in [1.54, 1.807) is 4.43 Å². The summed E-state index contributed by atoms with van der Waals surface area (Å²) in [6.45, 7) is 13.7. The molecule has 1 aromatic rings. The summed E-state index contributed by atoms with van der Waals surface area (Å²) in [4.78, 5) is 0. The minimum absolute atomic E-state index is 0.0616. The van der Waals surface area contributed by atoms with Crippen molar-refractivity contribution in [3.63, 3.8) is 0 Å². The molecule has 0 atom stereocenters. The first kappa shape index (κ1) is 21.3. The van der Waals surface area contributed by atoms with Crippen molar-refractivity contribution in [2.24, 2.45) is 11.8 Å². The second-order valence-electron chi connectivity index (χ2n) is 7.16. The van der Waals surface area contributed by atoms with E-state index in [-0.39, 0.29) is 15.2 Å². The van der Waals surface area contributed by atoms with Gasteiger partial charge in [0.15, 0.2) is 0 Å². The molecule has 0 aliphatic heterocycles. The zero-order valence-electron chi connectivity index (χ0n) is 15.4. The van der Waals surface area contributed by atoms with Gasteiger partial charge in [0, 0.05) is 0 Å². The van der Waals surface area contributed by atoms with Gasteiger partial charge in [0.25, 0.3) is 15.2 Å². The molecule has 0 N–H and O–H groups in total. The summed E-state index contributed by atoms with van der Waals surface area (Å²) in [6, 6.07) is 9.07. The van der Waals surface area contributed by atoms with Gasteiger partial charge in [-0.25, -0.2) is 0 Å². The van der Waals surface area contributed by atoms with Crippen molar-refractivity contribution in [1.29, 1.82) is 0 Å². The molecule has 0 spiro atoms. The van der Waals surface area contributed by atoms with Gasteiger partial charge in [0.05, 0.1) is 0 Å². The molecule has 0 fully saturated rings. The molecule has 0 saturated heterocycles. The number of rotatable bonds is 8. The number of aryl methyl sites for hydroxylation is 1. The predicted octanol–water partition coefficient (Wildman–Crippen LogP) is 4.85. The lowest BCUT2D eigenvalue weighted by atomic mass is 10.2. The van der Waals surface area contributed by atoms with Crippen LogP contribution in [0.3, 0.4) is 0 Å². The van der Waals surface area contributed by atoms with Gasteiger partial charge in [-0.3, -0.25) is 0 Å². The van der Waals surface area contributed by atoms with Crippen LogP contribution in [0.4, 0.5) is 0 Å². The van der Waals surface area contributed by atoms with Gasteiger partial charge >= 0.3 is 0 Å². The fourth-order valence-electron chi connectivity index (χ4n) is 2.27. The number of hydrogen-bond donors (Lipinski definition) is 0. The summed E-state index contributed by atoms with van der Waals surface area (Å²) in [5.41, 5.74) is 1.38. The van der Waals surface area contributed by atoms with Gasteiger partial charge in [0.2, 0.25) is 15.2 Å². The fourth-order valence-corrected chi connectivity index (χ4v) is 5.86. The maximum atomic E-state index is 2.33. The van der Waals surface area contributed by atoms with E-state index in [9.17, 15) is 0 Å². The highest BCUT2D eigenvalue weighted by atomic mass is 27.1. The second kappa shape index (κ2) is 13.9. The van der Waals surface area contributed by atoms with E-state index < -0.39 is 0 Å². The molecule has 118 valence electrons. The van der Waals surface area contributed by atoms with Crippen LogP contribution in [-0.2, 0) is 0 Å². The molecule has 2 heteroatoms. The molecule has 0 aliphatic carbocycles. The quantitative estimate of drug-likeness (QED) is 0.475. The number of hydrogen-bond acceptors (Lipinski definition) is 0. The summed E-state index contributed by atoms with van der Waals surface area (Å²) in [7, 11) is 0.